The zero-order chi connectivity index (χ0) is 26.9. The molecule has 0 spiro atoms. The number of benzene rings is 2. The smallest absolute Gasteiger partial charge is 0.242 e. The highest BCUT2D eigenvalue weighted by Gasteiger charge is 2.29. The van der Waals surface area contributed by atoms with E-state index in [9.17, 15) is 18.0 Å². The number of carbonyl (C=O) groups is 2. The lowest BCUT2D eigenvalue weighted by molar-refractivity contribution is -0.141. The van der Waals surface area contributed by atoms with Crippen LogP contribution in [0.25, 0.3) is 0 Å². The quantitative estimate of drug-likeness (QED) is 0.400. The van der Waals surface area contributed by atoms with Gasteiger partial charge in [-0.05, 0) is 49.4 Å². The molecular formula is C27H38ClN3O4S. The standard InChI is InChI=1S/C27H38ClN3O4S/c1-6-25(27(33)29-18-20(2)3)30(19-22-11-7-10-21(4)16-22)26(32)14-9-15-31(36(5,34)35)24-13-8-12-23(28)17-24/h7-8,10-13,16-17,20,25H,6,9,14-15,18-19H2,1-5H3,(H,29,33)/t25-/m0/s1. The van der Waals surface area contributed by atoms with Crippen molar-refractivity contribution in [2.24, 2.45) is 5.92 Å². The minimum Gasteiger partial charge on any atom is -0.354 e. The van der Waals surface area contributed by atoms with Gasteiger partial charge in [0.25, 0.3) is 0 Å². The number of nitrogens with one attached hydrogen (secondary N) is 1. The number of aryl methyl sites for hydroxylation is 1. The molecule has 1 atom stereocenters. The molecule has 0 saturated carbocycles. The molecule has 0 aliphatic carbocycles. The third kappa shape index (κ3) is 9.13. The fourth-order valence-electron chi connectivity index (χ4n) is 3.98. The highest BCUT2D eigenvalue weighted by molar-refractivity contribution is 7.92. The molecule has 0 radical (unpaired) electrons. The number of sulfonamides is 1. The molecule has 2 aromatic carbocycles. The maximum Gasteiger partial charge on any atom is 0.242 e. The first kappa shape index (κ1) is 29.6. The fourth-order valence-corrected chi connectivity index (χ4v) is 5.13. The van der Waals surface area contributed by atoms with E-state index in [0.717, 1.165) is 17.4 Å². The van der Waals surface area contributed by atoms with Gasteiger partial charge in [0.05, 0.1) is 11.9 Å². The van der Waals surface area contributed by atoms with E-state index in [1.807, 2.05) is 52.0 Å². The van der Waals surface area contributed by atoms with E-state index < -0.39 is 16.1 Å². The summed E-state index contributed by atoms with van der Waals surface area (Å²) in [6.45, 7) is 8.87. The molecule has 9 heteroatoms. The van der Waals surface area contributed by atoms with E-state index in [2.05, 4.69) is 5.32 Å². The van der Waals surface area contributed by atoms with E-state index >= 15 is 0 Å². The summed E-state index contributed by atoms with van der Waals surface area (Å²) in [5.41, 5.74) is 2.46. The monoisotopic (exact) mass is 535 g/mol. The molecule has 1 N–H and O–H groups in total. The van der Waals surface area contributed by atoms with Crippen LogP contribution in [0, 0.1) is 12.8 Å². The Bertz CT molecular complexity index is 1140. The first-order chi connectivity index (χ1) is 16.9. The van der Waals surface area contributed by atoms with Crippen LogP contribution in [0.1, 0.15) is 51.2 Å². The number of carbonyl (C=O) groups excluding carboxylic acids is 2. The Morgan fingerprint density at radius 3 is 2.36 bits per heavy atom. The van der Waals surface area contributed by atoms with Crippen molar-refractivity contribution in [3.8, 4) is 0 Å². The van der Waals surface area contributed by atoms with Crippen LogP contribution in [0.2, 0.25) is 5.02 Å². The van der Waals surface area contributed by atoms with Crippen molar-refractivity contribution in [3.05, 3.63) is 64.7 Å². The third-order valence-corrected chi connectivity index (χ3v) is 7.18. The maximum atomic E-state index is 13.5. The molecule has 0 bridgehead atoms. The summed E-state index contributed by atoms with van der Waals surface area (Å²) < 4.78 is 26.1. The van der Waals surface area contributed by atoms with E-state index in [1.165, 1.54) is 4.31 Å². The highest BCUT2D eigenvalue weighted by atomic mass is 35.5. The highest BCUT2D eigenvalue weighted by Crippen LogP contribution is 2.23. The molecule has 0 aliphatic rings. The summed E-state index contributed by atoms with van der Waals surface area (Å²) in [4.78, 5) is 28.1. The molecule has 198 valence electrons. The first-order valence-electron chi connectivity index (χ1n) is 12.3. The summed E-state index contributed by atoms with van der Waals surface area (Å²) in [7, 11) is -3.57. The van der Waals surface area contributed by atoms with Crippen LogP contribution >= 0.6 is 11.6 Å². The molecular weight excluding hydrogens is 498 g/mol. The van der Waals surface area contributed by atoms with E-state index in [1.54, 1.807) is 29.2 Å². The van der Waals surface area contributed by atoms with Gasteiger partial charge in [-0.3, -0.25) is 13.9 Å². The van der Waals surface area contributed by atoms with Crippen LogP contribution < -0.4 is 9.62 Å². The summed E-state index contributed by atoms with van der Waals surface area (Å²) in [6.07, 6.45) is 2.00. The van der Waals surface area contributed by atoms with Gasteiger partial charge < -0.3 is 10.2 Å². The Morgan fingerprint density at radius 2 is 1.78 bits per heavy atom. The van der Waals surface area contributed by atoms with Crippen molar-refractivity contribution >= 4 is 39.1 Å². The normalized spacial score (nSPS) is 12.3. The van der Waals surface area contributed by atoms with Gasteiger partial charge in [-0.2, -0.15) is 0 Å². The Balaban J connectivity index is 2.21. The minimum absolute atomic E-state index is 0.104. The number of amides is 2. The largest absolute Gasteiger partial charge is 0.354 e. The molecule has 2 rings (SSSR count). The topological polar surface area (TPSA) is 86.8 Å². The van der Waals surface area contributed by atoms with Crippen molar-refractivity contribution in [2.75, 3.05) is 23.7 Å². The number of hydrogen-bond donors (Lipinski definition) is 1. The van der Waals surface area contributed by atoms with Gasteiger partial charge in [-0.25, -0.2) is 8.42 Å². The van der Waals surface area contributed by atoms with Crippen molar-refractivity contribution in [1.82, 2.24) is 10.2 Å². The Kier molecular flexibility index (Phi) is 11.2. The van der Waals surface area contributed by atoms with Crippen LogP contribution in [0.5, 0.6) is 0 Å². The van der Waals surface area contributed by atoms with Crippen molar-refractivity contribution in [3.63, 3.8) is 0 Å². The minimum atomic E-state index is -3.57. The predicted molar refractivity (Wildman–Crippen MR) is 147 cm³/mol. The van der Waals surface area contributed by atoms with Crippen molar-refractivity contribution in [1.29, 1.82) is 0 Å². The second kappa shape index (κ2) is 13.7. The summed E-state index contributed by atoms with van der Waals surface area (Å²) >= 11 is 6.06. The van der Waals surface area contributed by atoms with Gasteiger partial charge in [-0.15, -0.1) is 0 Å². The van der Waals surface area contributed by atoms with Crippen LogP contribution in [-0.4, -0.2) is 50.5 Å². The molecule has 0 aromatic heterocycles. The molecule has 0 aliphatic heterocycles. The molecule has 2 aromatic rings. The van der Waals surface area contributed by atoms with Gasteiger partial charge in [0, 0.05) is 31.1 Å². The lowest BCUT2D eigenvalue weighted by atomic mass is 10.1. The van der Waals surface area contributed by atoms with E-state index in [-0.39, 0.29) is 24.8 Å². The number of nitrogens with zero attached hydrogens (tertiary/aromatic N) is 2. The molecule has 7 nitrogen and oxygen atoms in total. The van der Waals surface area contributed by atoms with Crippen molar-refractivity contribution < 1.29 is 18.0 Å². The number of halogens is 1. The molecule has 0 fully saturated rings. The summed E-state index contributed by atoms with van der Waals surface area (Å²) in [5.74, 6) is -0.0765. The Morgan fingerprint density at radius 1 is 1.08 bits per heavy atom. The third-order valence-electron chi connectivity index (χ3n) is 5.75. The van der Waals surface area contributed by atoms with Crippen LogP contribution in [0.15, 0.2) is 48.5 Å². The van der Waals surface area contributed by atoms with Crippen LogP contribution in [0.3, 0.4) is 0 Å². The Hall–Kier alpha value is -2.58. The average molecular weight is 536 g/mol. The second-order valence-corrected chi connectivity index (χ2v) is 11.8. The number of anilines is 1. The van der Waals surface area contributed by atoms with Gasteiger partial charge in [0.2, 0.25) is 21.8 Å². The van der Waals surface area contributed by atoms with E-state index in [4.69, 9.17) is 11.6 Å². The van der Waals surface area contributed by atoms with Crippen molar-refractivity contribution in [2.45, 2.75) is 59.5 Å². The number of hydrogen-bond acceptors (Lipinski definition) is 4. The molecule has 0 saturated heterocycles. The van der Waals surface area contributed by atoms with Crippen LogP contribution in [0.4, 0.5) is 5.69 Å². The molecule has 0 heterocycles. The summed E-state index contributed by atoms with van der Waals surface area (Å²) in [5, 5.41) is 3.38. The second-order valence-electron chi connectivity index (χ2n) is 9.49. The van der Waals surface area contributed by atoms with Gasteiger partial charge in [0.15, 0.2) is 0 Å². The molecule has 2 amide bonds. The Labute approximate surface area is 220 Å². The first-order valence-corrected chi connectivity index (χ1v) is 14.5. The maximum absolute atomic E-state index is 13.5. The predicted octanol–water partition coefficient (Wildman–Crippen LogP) is 4.77. The molecule has 0 unspecified atom stereocenters. The van der Waals surface area contributed by atoms with Gasteiger partial charge in [-0.1, -0.05) is 68.3 Å². The summed E-state index contributed by atoms with van der Waals surface area (Å²) in [6, 6.07) is 13.9. The lowest BCUT2D eigenvalue weighted by Crippen LogP contribution is -2.49. The zero-order valence-electron chi connectivity index (χ0n) is 21.8. The van der Waals surface area contributed by atoms with Gasteiger partial charge in [0.1, 0.15) is 6.04 Å². The molecule has 36 heavy (non-hydrogen) atoms. The van der Waals surface area contributed by atoms with Crippen LogP contribution in [-0.2, 0) is 26.2 Å². The SMILES string of the molecule is CC[C@@H](C(=O)NCC(C)C)N(Cc1cccc(C)c1)C(=O)CCCN(c1cccc(Cl)c1)S(C)(=O)=O. The van der Waals surface area contributed by atoms with Gasteiger partial charge >= 0.3 is 0 Å². The zero-order valence-corrected chi connectivity index (χ0v) is 23.4. The fraction of sp³-hybridized carbons (Fsp3) is 0.481. The number of rotatable bonds is 13. The average Bonchev–Trinajstić information content (AvgIpc) is 2.79. The lowest BCUT2D eigenvalue weighted by Gasteiger charge is -2.31. The van der Waals surface area contributed by atoms with E-state index in [0.29, 0.717) is 42.6 Å².